The van der Waals surface area contributed by atoms with Gasteiger partial charge in [-0.15, -0.1) is 0 Å². The predicted molar refractivity (Wildman–Crippen MR) is 124 cm³/mol. The van der Waals surface area contributed by atoms with E-state index in [9.17, 15) is 9.59 Å². The topological polar surface area (TPSA) is 97.6 Å². The highest BCUT2D eigenvalue weighted by molar-refractivity contribution is 5.95. The van der Waals surface area contributed by atoms with E-state index in [2.05, 4.69) is 20.4 Å². The van der Waals surface area contributed by atoms with Crippen molar-refractivity contribution >= 4 is 17.6 Å². The number of carbonyl (C=O) groups excluding carboxylic acids is 2. The molecule has 0 unspecified atom stereocenters. The van der Waals surface area contributed by atoms with E-state index < -0.39 is 5.97 Å². The van der Waals surface area contributed by atoms with Gasteiger partial charge in [0.25, 0.3) is 0 Å². The van der Waals surface area contributed by atoms with Crippen LogP contribution in [0.25, 0.3) is 11.4 Å². The summed E-state index contributed by atoms with van der Waals surface area (Å²) in [6.45, 7) is 6.20. The maximum Gasteiger partial charge on any atom is 0.338 e. The van der Waals surface area contributed by atoms with Crippen molar-refractivity contribution in [2.75, 3.05) is 25.0 Å². The van der Waals surface area contributed by atoms with Crippen LogP contribution in [0.5, 0.6) is 0 Å². The maximum atomic E-state index is 12.7. The van der Waals surface area contributed by atoms with E-state index in [0.29, 0.717) is 36.1 Å². The SMILES string of the molecule is CCOC(=O)c1cccc(NC(=O)C2CCN(Cc3nc(-c4cccc(C)c4)no3)CC2)c1. The van der Waals surface area contributed by atoms with Crippen LogP contribution in [0.2, 0.25) is 0 Å². The molecule has 2 aromatic carbocycles. The molecule has 1 aliphatic heterocycles. The number of benzene rings is 2. The van der Waals surface area contributed by atoms with Crippen molar-refractivity contribution in [1.82, 2.24) is 15.0 Å². The fraction of sp³-hybridized carbons (Fsp3) is 0.360. The molecule has 8 nitrogen and oxygen atoms in total. The van der Waals surface area contributed by atoms with Crippen LogP contribution in [-0.4, -0.2) is 46.6 Å². The molecule has 1 aliphatic rings. The standard InChI is InChI=1S/C25H28N4O4/c1-3-32-25(31)20-8-5-9-21(15-20)26-24(30)18-10-12-29(13-11-18)16-22-27-23(28-33-22)19-7-4-6-17(2)14-19/h4-9,14-15,18H,3,10-13,16H2,1-2H3,(H,26,30). The van der Waals surface area contributed by atoms with Crippen molar-refractivity contribution in [2.24, 2.45) is 5.92 Å². The molecule has 0 bridgehead atoms. The number of piperidine rings is 1. The average molecular weight is 449 g/mol. The van der Waals surface area contributed by atoms with Gasteiger partial charge in [-0.05, 0) is 64.0 Å². The van der Waals surface area contributed by atoms with Gasteiger partial charge in [0.1, 0.15) is 0 Å². The minimum Gasteiger partial charge on any atom is -0.462 e. The molecule has 1 aromatic heterocycles. The van der Waals surface area contributed by atoms with Gasteiger partial charge >= 0.3 is 5.97 Å². The summed E-state index contributed by atoms with van der Waals surface area (Å²) >= 11 is 0. The molecule has 0 atom stereocenters. The van der Waals surface area contributed by atoms with Crippen LogP contribution in [-0.2, 0) is 16.1 Å². The third-order valence-corrected chi connectivity index (χ3v) is 5.70. The molecule has 1 amide bonds. The lowest BCUT2D eigenvalue weighted by molar-refractivity contribution is -0.121. The number of carbonyl (C=O) groups is 2. The number of amides is 1. The van der Waals surface area contributed by atoms with Crippen LogP contribution >= 0.6 is 0 Å². The lowest BCUT2D eigenvalue weighted by atomic mass is 9.95. The fourth-order valence-electron chi connectivity index (χ4n) is 3.95. The highest BCUT2D eigenvalue weighted by atomic mass is 16.5. The van der Waals surface area contributed by atoms with Crippen molar-refractivity contribution in [2.45, 2.75) is 33.2 Å². The minimum atomic E-state index is -0.395. The molecule has 0 saturated carbocycles. The summed E-state index contributed by atoms with van der Waals surface area (Å²) in [6.07, 6.45) is 1.48. The number of nitrogens with zero attached hydrogens (tertiary/aromatic N) is 3. The Morgan fingerprint density at radius 3 is 2.70 bits per heavy atom. The second-order valence-electron chi connectivity index (χ2n) is 8.22. The van der Waals surface area contributed by atoms with Gasteiger partial charge in [-0.1, -0.05) is 35.0 Å². The zero-order chi connectivity index (χ0) is 23.2. The van der Waals surface area contributed by atoms with Crippen molar-refractivity contribution in [3.63, 3.8) is 0 Å². The summed E-state index contributed by atoms with van der Waals surface area (Å²) in [5.41, 5.74) is 3.11. The van der Waals surface area contributed by atoms with Crippen molar-refractivity contribution in [3.8, 4) is 11.4 Å². The van der Waals surface area contributed by atoms with E-state index in [1.807, 2.05) is 31.2 Å². The number of aromatic nitrogens is 2. The largest absolute Gasteiger partial charge is 0.462 e. The first-order valence-corrected chi connectivity index (χ1v) is 11.2. The first kappa shape index (κ1) is 22.7. The van der Waals surface area contributed by atoms with Gasteiger partial charge < -0.3 is 14.6 Å². The van der Waals surface area contributed by atoms with Crippen LogP contribution in [0.4, 0.5) is 5.69 Å². The monoisotopic (exact) mass is 448 g/mol. The predicted octanol–water partition coefficient (Wildman–Crippen LogP) is 4.07. The smallest absolute Gasteiger partial charge is 0.338 e. The number of aryl methyl sites for hydroxylation is 1. The van der Waals surface area contributed by atoms with E-state index in [4.69, 9.17) is 9.26 Å². The Morgan fingerprint density at radius 1 is 1.15 bits per heavy atom. The Labute approximate surface area is 192 Å². The molecular formula is C25H28N4O4. The normalized spacial score (nSPS) is 14.7. The Morgan fingerprint density at radius 2 is 1.94 bits per heavy atom. The molecule has 1 fully saturated rings. The van der Waals surface area contributed by atoms with Crippen LogP contribution in [0.3, 0.4) is 0 Å². The summed E-state index contributed by atoms with van der Waals surface area (Å²) in [5, 5.41) is 7.04. The molecule has 33 heavy (non-hydrogen) atoms. The van der Waals surface area contributed by atoms with Crippen molar-refractivity contribution < 1.29 is 18.8 Å². The molecule has 8 heteroatoms. The quantitative estimate of drug-likeness (QED) is 0.544. The number of likely N-dealkylation sites (tertiary alicyclic amines) is 1. The maximum absolute atomic E-state index is 12.7. The van der Waals surface area contributed by atoms with Gasteiger partial charge in [0.05, 0.1) is 18.7 Å². The van der Waals surface area contributed by atoms with Crippen LogP contribution < -0.4 is 5.32 Å². The first-order valence-electron chi connectivity index (χ1n) is 11.2. The number of anilines is 1. The molecule has 3 aromatic rings. The third-order valence-electron chi connectivity index (χ3n) is 5.70. The van der Waals surface area contributed by atoms with Gasteiger partial charge in [-0.3, -0.25) is 9.69 Å². The molecule has 2 heterocycles. The highest BCUT2D eigenvalue weighted by Crippen LogP contribution is 2.22. The average Bonchev–Trinajstić information content (AvgIpc) is 3.28. The van der Waals surface area contributed by atoms with E-state index in [1.165, 1.54) is 0 Å². The summed E-state index contributed by atoms with van der Waals surface area (Å²) in [6, 6.07) is 14.8. The van der Waals surface area contributed by atoms with Crippen molar-refractivity contribution in [1.29, 1.82) is 0 Å². The molecule has 0 aliphatic carbocycles. The van der Waals surface area contributed by atoms with E-state index >= 15 is 0 Å². The second-order valence-corrected chi connectivity index (χ2v) is 8.22. The van der Waals surface area contributed by atoms with Gasteiger partial charge in [0, 0.05) is 17.2 Å². The summed E-state index contributed by atoms with van der Waals surface area (Å²) in [5.74, 6) is 0.653. The van der Waals surface area contributed by atoms with Gasteiger partial charge in [0.2, 0.25) is 17.6 Å². The Bertz CT molecular complexity index is 1120. The van der Waals surface area contributed by atoms with E-state index in [0.717, 1.165) is 37.1 Å². The van der Waals surface area contributed by atoms with E-state index in [-0.39, 0.29) is 11.8 Å². The van der Waals surface area contributed by atoms with Crippen molar-refractivity contribution in [3.05, 3.63) is 65.5 Å². The number of hydrogen-bond acceptors (Lipinski definition) is 7. The van der Waals surface area contributed by atoms with Crippen LogP contribution in [0.15, 0.2) is 53.1 Å². The molecule has 172 valence electrons. The Kier molecular flexibility index (Phi) is 7.14. The van der Waals surface area contributed by atoms with Gasteiger partial charge in [-0.2, -0.15) is 4.98 Å². The molecule has 4 rings (SSSR count). The highest BCUT2D eigenvalue weighted by Gasteiger charge is 2.26. The molecule has 0 radical (unpaired) electrons. The molecule has 1 saturated heterocycles. The fourth-order valence-corrected chi connectivity index (χ4v) is 3.95. The molecule has 1 N–H and O–H groups in total. The minimum absolute atomic E-state index is 0.0322. The number of ether oxygens (including phenoxy) is 1. The zero-order valence-corrected chi connectivity index (χ0v) is 18.9. The summed E-state index contributed by atoms with van der Waals surface area (Å²) < 4.78 is 10.5. The van der Waals surface area contributed by atoms with Crippen LogP contribution in [0.1, 0.15) is 41.6 Å². The number of esters is 1. The van der Waals surface area contributed by atoms with Crippen LogP contribution in [0, 0.1) is 12.8 Å². The lowest BCUT2D eigenvalue weighted by Gasteiger charge is -2.30. The Balaban J connectivity index is 1.28. The number of hydrogen-bond donors (Lipinski definition) is 1. The summed E-state index contributed by atoms with van der Waals surface area (Å²) in [4.78, 5) is 31.4. The lowest BCUT2D eigenvalue weighted by Crippen LogP contribution is -2.37. The van der Waals surface area contributed by atoms with Gasteiger partial charge in [-0.25, -0.2) is 4.79 Å². The summed E-state index contributed by atoms with van der Waals surface area (Å²) in [7, 11) is 0. The zero-order valence-electron chi connectivity index (χ0n) is 18.9. The third kappa shape index (κ3) is 5.84. The second kappa shape index (κ2) is 10.4. The van der Waals surface area contributed by atoms with E-state index in [1.54, 1.807) is 31.2 Å². The molecular weight excluding hydrogens is 420 g/mol. The first-order chi connectivity index (χ1) is 16.0. The number of nitrogens with one attached hydrogen (secondary N) is 1. The number of rotatable bonds is 7. The van der Waals surface area contributed by atoms with Gasteiger partial charge in [0.15, 0.2) is 0 Å². The Hall–Kier alpha value is -3.52. The molecule has 0 spiro atoms.